The molecule has 0 aliphatic rings. The third-order valence-corrected chi connectivity index (χ3v) is 2.76. The smallest absolute Gasteiger partial charge is 0.268 e. The highest BCUT2D eigenvalue weighted by Crippen LogP contribution is 2.35. The Bertz CT molecular complexity index is 580. The molecule has 2 N–H and O–H groups in total. The van der Waals surface area contributed by atoms with Gasteiger partial charge in [0.25, 0.3) is 5.88 Å². The predicted molar refractivity (Wildman–Crippen MR) is 67.2 cm³/mol. The molecular formula is C11H9BrFN3O2. The third-order valence-electron chi connectivity index (χ3n) is 2.10. The Morgan fingerprint density at radius 3 is 2.83 bits per heavy atom. The second-order valence-electron chi connectivity index (χ2n) is 3.27. The fourth-order valence-corrected chi connectivity index (χ4v) is 1.62. The van der Waals surface area contributed by atoms with E-state index in [4.69, 9.17) is 15.2 Å². The maximum atomic E-state index is 13.1. The summed E-state index contributed by atoms with van der Waals surface area (Å²) >= 11 is 3.25. The number of nitrogens with zero attached hydrogens (tertiary/aromatic N) is 2. The van der Waals surface area contributed by atoms with E-state index < -0.39 is 5.82 Å². The van der Waals surface area contributed by atoms with E-state index in [2.05, 4.69) is 25.9 Å². The minimum atomic E-state index is -0.422. The van der Waals surface area contributed by atoms with Gasteiger partial charge in [-0.15, -0.1) is 0 Å². The van der Waals surface area contributed by atoms with Crippen LogP contribution in [0.25, 0.3) is 0 Å². The Hall–Kier alpha value is -1.89. The van der Waals surface area contributed by atoms with E-state index in [-0.39, 0.29) is 23.2 Å². The van der Waals surface area contributed by atoms with Crippen molar-refractivity contribution in [3.63, 3.8) is 0 Å². The topological polar surface area (TPSA) is 70.3 Å². The number of benzene rings is 1. The standard InChI is InChI=1S/C11H9BrFN3O2/c1-17-9-10(14)15-5-16-11(9)18-8-4-6(13)2-3-7(8)12/h2-5H,1H3,(H2,14,15,16). The molecule has 1 aromatic carbocycles. The molecule has 0 saturated heterocycles. The van der Waals surface area contributed by atoms with Crippen molar-refractivity contribution in [1.29, 1.82) is 0 Å². The van der Waals surface area contributed by atoms with Crippen LogP contribution >= 0.6 is 15.9 Å². The van der Waals surface area contributed by atoms with Crippen LogP contribution in [0, 0.1) is 5.82 Å². The van der Waals surface area contributed by atoms with E-state index in [1.54, 1.807) is 0 Å². The molecule has 1 heterocycles. The van der Waals surface area contributed by atoms with Crippen LogP contribution in [-0.4, -0.2) is 17.1 Å². The van der Waals surface area contributed by atoms with Gasteiger partial charge in [0.2, 0.25) is 5.75 Å². The first-order chi connectivity index (χ1) is 8.61. The van der Waals surface area contributed by atoms with Crippen LogP contribution in [0.2, 0.25) is 0 Å². The highest BCUT2D eigenvalue weighted by Gasteiger charge is 2.13. The van der Waals surface area contributed by atoms with Gasteiger partial charge in [-0.05, 0) is 28.1 Å². The van der Waals surface area contributed by atoms with Gasteiger partial charge >= 0.3 is 0 Å². The lowest BCUT2D eigenvalue weighted by Gasteiger charge is -2.11. The van der Waals surface area contributed by atoms with Gasteiger partial charge in [0.15, 0.2) is 5.82 Å². The van der Waals surface area contributed by atoms with Crippen molar-refractivity contribution in [1.82, 2.24) is 9.97 Å². The predicted octanol–water partition coefficient (Wildman–Crippen LogP) is 2.76. The Balaban J connectivity index is 2.40. The van der Waals surface area contributed by atoms with Crippen LogP contribution in [0.5, 0.6) is 17.4 Å². The maximum absolute atomic E-state index is 13.1. The lowest BCUT2D eigenvalue weighted by atomic mass is 10.3. The largest absolute Gasteiger partial charge is 0.489 e. The molecule has 94 valence electrons. The SMILES string of the molecule is COc1c(N)ncnc1Oc1cc(F)ccc1Br. The molecule has 0 aliphatic carbocycles. The molecule has 0 atom stereocenters. The lowest BCUT2D eigenvalue weighted by Crippen LogP contribution is -2.00. The Labute approximate surface area is 111 Å². The van der Waals surface area contributed by atoms with E-state index >= 15 is 0 Å². The molecule has 7 heteroatoms. The van der Waals surface area contributed by atoms with Gasteiger partial charge in [0, 0.05) is 6.07 Å². The van der Waals surface area contributed by atoms with Crippen molar-refractivity contribution in [2.24, 2.45) is 0 Å². The molecule has 0 amide bonds. The first kappa shape index (κ1) is 12.6. The first-order valence-corrected chi connectivity index (χ1v) is 5.68. The van der Waals surface area contributed by atoms with Gasteiger partial charge in [-0.3, -0.25) is 0 Å². The molecule has 0 saturated carbocycles. The van der Waals surface area contributed by atoms with E-state index in [1.165, 1.54) is 31.6 Å². The number of anilines is 1. The van der Waals surface area contributed by atoms with Crippen molar-refractivity contribution < 1.29 is 13.9 Å². The van der Waals surface area contributed by atoms with Crippen molar-refractivity contribution in [2.75, 3.05) is 12.8 Å². The zero-order chi connectivity index (χ0) is 13.1. The number of hydrogen-bond donors (Lipinski definition) is 1. The van der Waals surface area contributed by atoms with Gasteiger partial charge < -0.3 is 15.2 Å². The zero-order valence-corrected chi connectivity index (χ0v) is 10.9. The quantitative estimate of drug-likeness (QED) is 0.943. The molecule has 0 aliphatic heterocycles. The number of rotatable bonds is 3. The summed E-state index contributed by atoms with van der Waals surface area (Å²) in [5.41, 5.74) is 5.61. The summed E-state index contributed by atoms with van der Waals surface area (Å²) in [6.07, 6.45) is 1.24. The highest BCUT2D eigenvalue weighted by molar-refractivity contribution is 9.10. The number of hydrogen-bond acceptors (Lipinski definition) is 5. The molecule has 1 aromatic heterocycles. The molecule has 18 heavy (non-hydrogen) atoms. The Morgan fingerprint density at radius 1 is 1.33 bits per heavy atom. The summed E-state index contributed by atoms with van der Waals surface area (Å²) < 4.78 is 24.2. The number of aromatic nitrogens is 2. The molecule has 2 aromatic rings. The molecule has 0 bridgehead atoms. The van der Waals surface area contributed by atoms with E-state index in [1.807, 2.05) is 0 Å². The fraction of sp³-hybridized carbons (Fsp3) is 0.0909. The highest BCUT2D eigenvalue weighted by atomic mass is 79.9. The molecule has 0 spiro atoms. The van der Waals surface area contributed by atoms with Crippen molar-refractivity contribution in [2.45, 2.75) is 0 Å². The summed E-state index contributed by atoms with van der Waals surface area (Å²) in [6.45, 7) is 0. The number of nitrogen functional groups attached to an aromatic ring is 1. The van der Waals surface area contributed by atoms with Crippen LogP contribution in [-0.2, 0) is 0 Å². The number of halogens is 2. The van der Waals surface area contributed by atoms with Crippen molar-refractivity contribution in [3.8, 4) is 17.4 Å². The van der Waals surface area contributed by atoms with E-state index in [0.29, 0.717) is 4.47 Å². The van der Waals surface area contributed by atoms with Crippen molar-refractivity contribution >= 4 is 21.7 Å². The summed E-state index contributed by atoms with van der Waals surface area (Å²) in [4.78, 5) is 7.66. The molecule has 0 fully saturated rings. The third kappa shape index (κ3) is 2.51. The monoisotopic (exact) mass is 313 g/mol. The van der Waals surface area contributed by atoms with Gasteiger partial charge in [-0.2, -0.15) is 4.98 Å². The van der Waals surface area contributed by atoms with Crippen LogP contribution < -0.4 is 15.2 Å². The summed E-state index contributed by atoms with van der Waals surface area (Å²) in [5, 5.41) is 0. The number of methoxy groups -OCH3 is 1. The maximum Gasteiger partial charge on any atom is 0.268 e. The Morgan fingerprint density at radius 2 is 2.11 bits per heavy atom. The summed E-state index contributed by atoms with van der Waals surface area (Å²) in [6, 6.07) is 4.06. The average Bonchev–Trinajstić information content (AvgIpc) is 2.34. The van der Waals surface area contributed by atoms with Crippen LogP contribution in [0.4, 0.5) is 10.2 Å². The van der Waals surface area contributed by atoms with Crippen LogP contribution in [0.3, 0.4) is 0 Å². The normalized spacial score (nSPS) is 10.2. The second-order valence-corrected chi connectivity index (χ2v) is 4.13. The lowest BCUT2D eigenvalue weighted by molar-refractivity contribution is 0.368. The van der Waals surface area contributed by atoms with E-state index in [9.17, 15) is 4.39 Å². The van der Waals surface area contributed by atoms with Crippen molar-refractivity contribution in [3.05, 3.63) is 34.8 Å². The first-order valence-electron chi connectivity index (χ1n) is 4.89. The van der Waals surface area contributed by atoms with Gasteiger partial charge in [-0.25, -0.2) is 9.37 Å². The van der Waals surface area contributed by atoms with E-state index in [0.717, 1.165) is 0 Å². The van der Waals surface area contributed by atoms with Gasteiger partial charge in [0.1, 0.15) is 17.9 Å². The molecule has 5 nitrogen and oxygen atoms in total. The van der Waals surface area contributed by atoms with Gasteiger partial charge in [0.05, 0.1) is 11.6 Å². The Kier molecular flexibility index (Phi) is 3.61. The summed E-state index contributed by atoms with van der Waals surface area (Å²) in [5.74, 6) is 0.320. The molecule has 2 rings (SSSR count). The number of nitrogens with two attached hydrogens (primary N) is 1. The minimum Gasteiger partial charge on any atom is -0.489 e. The van der Waals surface area contributed by atoms with Gasteiger partial charge in [-0.1, -0.05) is 0 Å². The second kappa shape index (κ2) is 5.18. The summed E-state index contributed by atoms with van der Waals surface area (Å²) in [7, 11) is 1.42. The molecular weight excluding hydrogens is 305 g/mol. The minimum absolute atomic E-state index is 0.122. The number of ether oxygens (including phenoxy) is 2. The molecule has 0 radical (unpaired) electrons. The van der Waals surface area contributed by atoms with Crippen LogP contribution in [0.1, 0.15) is 0 Å². The average molecular weight is 314 g/mol. The van der Waals surface area contributed by atoms with Crippen LogP contribution in [0.15, 0.2) is 29.0 Å². The zero-order valence-electron chi connectivity index (χ0n) is 9.35. The fourth-order valence-electron chi connectivity index (χ4n) is 1.29. The molecule has 0 unspecified atom stereocenters.